The van der Waals surface area contributed by atoms with Crippen molar-refractivity contribution in [1.82, 2.24) is 20.2 Å². The number of morpholine rings is 1. The number of halogens is 1. The van der Waals surface area contributed by atoms with Crippen molar-refractivity contribution >= 4 is 38.7 Å². The van der Waals surface area contributed by atoms with E-state index >= 15 is 0 Å². The molecule has 36 heavy (non-hydrogen) atoms. The third-order valence-corrected chi connectivity index (χ3v) is 9.75. The van der Waals surface area contributed by atoms with Crippen LogP contribution in [-0.4, -0.2) is 91.0 Å². The lowest BCUT2D eigenvalue weighted by Crippen LogP contribution is -2.53. The van der Waals surface area contributed by atoms with Crippen LogP contribution in [0, 0.1) is 5.92 Å². The van der Waals surface area contributed by atoms with Gasteiger partial charge < -0.3 is 14.4 Å². The largest absolute Gasteiger partial charge is 0.465 e. The van der Waals surface area contributed by atoms with E-state index in [-0.39, 0.29) is 28.5 Å². The molecule has 1 N–H and O–H groups in total. The van der Waals surface area contributed by atoms with Gasteiger partial charge in [0.2, 0.25) is 0 Å². The van der Waals surface area contributed by atoms with Crippen LogP contribution in [0.4, 0.5) is 5.69 Å². The molecule has 3 unspecified atom stereocenters. The summed E-state index contributed by atoms with van der Waals surface area (Å²) >= 11 is 6.71. The van der Waals surface area contributed by atoms with Gasteiger partial charge in [0.05, 0.1) is 55.4 Å². The van der Waals surface area contributed by atoms with Crippen LogP contribution < -0.4 is 10.3 Å². The molecule has 1 aromatic carbocycles. The van der Waals surface area contributed by atoms with Gasteiger partial charge in [0.15, 0.2) is 0 Å². The van der Waals surface area contributed by atoms with Crippen LogP contribution in [0.5, 0.6) is 0 Å². The van der Waals surface area contributed by atoms with Crippen LogP contribution in [0.1, 0.15) is 6.92 Å². The number of benzene rings is 1. The van der Waals surface area contributed by atoms with Crippen LogP contribution in [-0.2, 0) is 14.3 Å². The Morgan fingerprint density at radius 2 is 2.08 bits per heavy atom. The number of para-hydroxylation sites is 1. The number of nitrogens with one attached hydrogen (secondary N) is 1. The minimum absolute atomic E-state index is 0.105. The highest BCUT2D eigenvalue weighted by molar-refractivity contribution is 8.19. The van der Waals surface area contributed by atoms with Gasteiger partial charge in [-0.1, -0.05) is 35.9 Å². The minimum Gasteiger partial charge on any atom is -0.465 e. The van der Waals surface area contributed by atoms with E-state index in [0.717, 1.165) is 63.0 Å². The number of rotatable bonds is 5. The lowest BCUT2D eigenvalue weighted by atomic mass is 9.95. The topological polar surface area (TPSA) is 60.5 Å². The summed E-state index contributed by atoms with van der Waals surface area (Å²) in [5.41, 5.74) is 6.83. The zero-order valence-corrected chi connectivity index (χ0v) is 22.2. The Morgan fingerprint density at radius 3 is 2.86 bits per heavy atom. The summed E-state index contributed by atoms with van der Waals surface area (Å²) in [6, 6.07) is 7.98. The van der Waals surface area contributed by atoms with Crippen molar-refractivity contribution in [2.45, 2.75) is 13.1 Å². The summed E-state index contributed by atoms with van der Waals surface area (Å²) in [6.07, 6.45) is 8.72. The molecule has 0 spiro atoms. The molecule has 0 saturated carbocycles. The fourth-order valence-corrected chi connectivity index (χ4v) is 7.98. The lowest BCUT2D eigenvalue weighted by Gasteiger charge is -2.36. The summed E-state index contributed by atoms with van der Waals surface area (Å²) < 4.78 is 11.0. The van der Waals surface area contributed by atoms with Crippen molar-refractivity contribution in [2.75, 3.05) is 63.9 Å². The summed E-state index contributed by atoms with van der Waals surface area (Å²) in [5, 5.41) is 3.06. The number of ether oxygens (including phenoxy) is 2. The number of carbonyl (C=O) groups excluding carboxylic acids is 1. The highest BCUT2D eigenvalue weighted by Crippen LogP contribution is 2.50. The van der Waals surface area contributed by atoms with Crippen molar-refractivity contribution in [3.63, 3.8) is 0 Å². The molecule has 0 aromatic heterocycles. The highest BCUT2D eigenvalue weighted by atomic mass is 35.5. The van der Waals surface area contributed by atoms with Crippen molar-refractivity contribution in [1.29, 1.82) is 0 Å². The van der Waals surface area contributed by atoms with E-state index < -0.39 is 0 Å². The molecule has 2 fully saturated rings. The predicted molar refractivity (Wildman–Crippen MR) is 144 cm³/mol. The lowest BCUT2D eigenvalue weighted by molar-refractivity contribution is -0.144. The smallest absolute Gasteiger partial charge is 0.317 e. The van der Waals surface area contributed by atoms with Gasteiger partial charge in [0.25, 0.3) is 0 Å². The number of anilines is 1. The second-order valence-electron chi connectivity index (χ2n) is 9.44. The molecule has 6 rings (SSSR count). The van der Waals surface area contributed by atoms with E-state index in [1.54, 1.807) is 0 Å². The average molecular weight is 530 g/mol. The average Bonchev–Trinajstić information content (AvgIpc) is 3.52. The molecule has 4 aliphatic heterocycles. The van der Waals surface area contributed by atoms with Crippen molar-refractivity contribution in [3.05, 3.63) is 63.7 Å². The maximum absolute atomic E-state index is 12.9. The fraction of sp³-hybridized carbons (Fsp3) is 0.462. The van der Waals surface area contributed by atoms with Crippen LogP contribution >= 0.6 is 22.1 Å². The van der Waals surface area contributed by atoms with Crippen molar-refractivity contribution in [3.8, 4) is 0 Å². The molecule has 1 aromatic rings. The number of hydrazine groups is 1. The van der Waals surface area contributed by atoms with Crippen LogP contribution in [0.2, 0.25) is 5.02 Å². The van der Waals surface area contributed by atoms with Gasteiger partial charge >= 0.3 is 5.97 Å². The molecule has 4 heterocycles. The van der Waals surface area contributed by atoms with Crippen molar-refractivity contribution < 1.29 is 14.3 Å². The molecule has 10 heteroatoms. The molecular weight excluding hydrogens is 498 g/mol. The third-order valence-electron chi connectivity index (χ3n) is 7.38. The van der Waals surface area contributed by atoms with Gasteiger partial charge in [-0.2, -0.15) is 0 Å². The van der Waals surface area contributed by atoms with Gasteiger partial charge in [0.1, 0.15) is 12.1 Å². The number of hydrogen-bond acceptors (Lipinski definition) is 8. The first-order valence-electron chi connectivity index (χ1n) is 12.5. The Hall–Kier alpha value is -1.98. The maximum Gasteiger partial charge on any atom is 0.317 e. The predicted octanol–water partition coefficient (Wildman–Crippen LogP) is 2.78. The quantitative estimate of drug-likeness (QED) is 0.461. The second-order valence-corrected chi connectivity index (χ2v) is 11.7. The van der Waals surface area contributed by atoms with Gasteiger partial charge in [0, 0.05) is 29.8 Å². The van der Waals surface area contributed by atoms with Crippen molar-refractivity contribution in [2.24, 2.45) is 5.92 Å². The van der Waals surface area contributed by atoms with Gasteiger partial charge in [-0.3, -0.25) is 9.69 Å². The number of esters is 1. The van der Waals surface area contributed by atoms with E-state index in [0.29, 0.717) is 11.6 Å². The Morgan fingerprint density at radius 1 is 1.28 bits per heavy atom. The Labute approximate surface area is 219 Å². The summed E-state index contributed by atoms with van der Waals surface area (Å²) in [6.45, 7) is 7.92. The monoisotopic (exact) mass is 529 g/mol. The summed E-state index contributed by atoms with van der Waals surface area (Å²) in [7, 11) is -0.157. The SMILES string of the molecule is CCOC(=O)C1C=CC2=C1C1=CN(c3ccccc3Cl)CC3N(CN4CCOCC4)NCN3C1=S2C. The van der Waals surface area contributed by atoms with Crippen LogP contribution in [0.15, 0.2) is 58.7 Å². The summed E-state index contributed by atoms with van der Waals surface area (Å²) in [5.74, 6) is -0.556. The third kappa shape index (κ3) is 4.16. The Balaban J connectivity index is 1.40. The Kier molecular flexibility index (Phi) is 6.81. The molecular formula is C26H32ClN5O3S. The number of allylic oxidation sites excluding steroid dienone is 1. The Bertz CT molecular complexity index is 1190. The molecule has 0 amide bonds. The number of fused-ring (bicyclic) bond motifs is 4. The van der Waals surface area contributed by atoms with Gasteiger partial charge in [-0.15, -0.1) is 10.5 Å². The molecule has 0 bridgehead atoms. The standard InChI is InChI=1S/C26H32ClN5O3S/c1-3-35-26(33)18-8-9-22-24(18)19-14-30(21-7-5-4-6-20(21)27)15-23-31(25(19)36(22)2)16-28-32(23)17-29-10-12-34-13-11-29/h4-9,14,18,23,28H,3,10-13,15-17H2,1-2H3. The molecule has 3 atom stereocenters. The maximum atomic E-state index is 12.9. The van der Waals surface area contributed by atoms with E-state index in [4.69, 9.17) is 21.1 Å². The number of nitrogens with zero attached hydrogens (tertiary/aromatic N) is 4. The molecule has 192 valence electrons. The summed E-state index contributed by atoms with van der Waals surface area (Å²) in [4.78, 5) is 22.6. The van der Waals surface area contributed by atoms with Crippen LogP contribution in [0.3, 0.4) is 0 Å². The number of carbonyl (C=O) groups is 1. The molecule has 8 nitrogen and oxygen atoms in total. The van der Waals surface area contributed by atoms with E-state index in [2.05, 4.69) is 49.7 Å². The van der Waals surface area contributed by atoms with E-state index in [9.17, 15) is 4.79 Å². The fourth-order valence-electron chi connectivity index (χ4n) is 5.65. The van der Waals surface area contributed by atoms with Crippen LogP contribution in [0.25, 0.3) is 0 Å². The number of hydrogen-bond donors (Lipinski definition) is 1. The highest BCUT2D eigenvalue weighted by Gasteiger charge is 2.46. The normalized spacial score (nSPS) is 28.8. The zero-order chi connectivity index (χ0) is 24.8. The van der Waals surface area contributed by atoms with E-state index in [1.165, 1.54) is 9.89 Å². The second kappa shape index (κ2) is 10.1. The van der Waals surface area contributed by atoms with E-state index in [1.807, 2.05) is 31.2 Å². The first-order valence-corrected chi connectivity index (χ1v) is 14.5. The molecule has 5 aliphatic rings. The molecule has 2 saturated heterocycles. The molecule has 0 radical (unpaired) electrons. The van der Waals surface area contributed by atoms with Gasteiger partial charge in [-0.05, 0) is 30.9 Å². The van der Waals surface area contributed by atoms with Gasteiger partial charge in [-0.25, -0.2) is 15.3 Å². The minimum atomic E-state index is -0.372. The first kappa shape index (κ1) is 24.4. The zero-order valence-electron chi connectivity index (χ0n) is 20.7. The first-order chi connectivity index (χ1) is 17.6. The molecule has 1 aliphatic carbocycles.